The van der Waals surface area contributed by atoms with Gasteiger partial charge in [0.05, 0.1) is 10.0 Å². The molecule has 0 aliphatic rings. The van der Waals surface area contributed by atoms with Gasteiger partial charge in [0.25, 0.3) is 5.91 Å². The third-order valence-corrected chi connectivity index (χ3v) is 5.42. The van der Waals surface area contributed by atoms with E-state index in [0.29, 0.717) is 21.6 Å². The molecular weight excluding hydrogens is 401 g/mol. The lowest BCUT2D eigenvalue weighted by Gasteiger charge is -2.03. The Morgan fingerprint density at radius 1 is 1.19 bits per heavy atom. The van der Waals surface area contributed by atoms with Crippen LogP contribution in [0.5, 0.6) is 0 Å². The molecule has 0 aliphatic carbocycles. The van der Waals surface area contributed by atoms with Crippen molar-refractivity contribution in [3.05, 3.63) is 86.4 Å². The number of nitriles is 1. The number of rotatable bonds is 5. The van der Waals surface area contributed by atoms with Crippen molar-refractivity contribution in [2.24, 2.45) is 0 Å². The zero-order valence-corrected chi connectivity index (χ0v) is 16.3. The summed E-state index contributed by atoms with van der Waals surface area (Å²) in [7, 11) is 0. The summed E-state index contributed by atoms with van der Waals surface area (Å²) in [5, 5.41) is 13.4. The minimum Gasteiger partial charge on any atom is -0.297 e. The van der Waals surface area contributed by atoms with Crippen molar-refractivity contribution < 1.29 is 4.79 Å². The third kappa shape index (κ3) is 4.95. The maximum Gasteiger partial charge on any atom is 0.268 e. The average molecular weight is 414 g/mol. The smallest absolute Gasteiger partial charge is 0.268 e. The van der Waals surface area contributed by atoms with Gasteiger partial charge in [-0.3, -0.25) is 10.1 Å². The highest BCUT2D eigenvalue weighted by Crippen LogP contribution is 2.29. The minimum atomic E-state index is -0.497. The van der Waals surface area contributed by atoms with E-state index in [2.05, 4.69) is 10.3 Å². The van der Waals surface area contributed by atoms with Gasteiger partial charge < -0.3 is 0 Å². The van der Waals surface area contributed by atoms with Crippen molar-refractivity contribution in [3.63, 3.8) is 0 Å². The summed E-state index contributed by atoms with van der Waals surface area (Å²) in [6.07, 6.45) is 3.76. The molecule has 7 heteroatoms. The number of nitrogens with zero attached hydrogens (tertiary/aromatic N) is 2. The number of aromatic nitrogens is 1. The number of thiazole rings is 1. The minimum absolute atomic E-state index is 0.0100. The van der Waals surface area contributed by atoms with Crippen molar-refractivity contribution in [2.75, 3.05) is 5.32 Å². The van der Waals surface area contributed by atoms with E-state index in [0.717, 1.165) is 16.0 Å². The highest BCUT2D eigenvalue weighted by Gasteiger charge is 2.13. The summed E-state index contributed by atoms with van der Waals surface area (Å²) in [6, 6.07) is 16.6. The molecule has 3 rings (SSSR count). The summed E-state index contributed by atoms with van der Waals surface area (Å²) in [6.45, 7) is 0. The molecule has 0 atom stereocenters. The molecule has 27 heavy (non-hydrogen) atoms. The molecule has 0 bridgehead atoms. The van der Waals surface area contributed by atoms with Crippen LogP contribution in [0.4, 0.5) is 5.13 Å². The molecule has 0 unspecified atom stereocenters. The largest absolute Gasteiger partial charge is 0.297 e. The first kappa shape index (κ1) is 19.1. The van der Waals surface area contributed by atoms with E-state index in [4.69, 9.17) is 23.2 Å². The van der Waals surface area contributed by atoms with Gasteiger partial charge in [-0.25, -0.2) is 4.98 Å². The molecule has 0 fully saturated rings. The van der Waals surface area contributed by atoms with Crippen LogP contribution in [0.2, 0.25) is 10.0 Å². The highest BCUT2D eigenvalue weighted by molar-refractivity contribution is 7.15. The normalized spacial score (nSPS) is 11.1. The van der Waals surface area contributed by atoms with E-state index >= 15 is 0 Å². The molecule has 134 valence electrons. The summed E-state index contributed by atoms with van der Waals surface area (Å²) in [5.41, 5.74) is 1.67. The highest BCUT2D eigenvalue weighted by atomic mass is 35.5. The van der Waals surface area contributed by atoms with Gasteiger partial charge in [-0.05, 0) is 23.3 Å². The first-order valence-electron chi connectivity index (χ1n) is 7.92. The molecule has 0 saturated heterocycles. The Hall–Kier alpha value is -2.65. The average Bonchev–Trinajstić information content (AvgIpc) is 3.11. The second-order valence-corrected chi connectivity index (χ2v) is 7.46. The summed E-state index contributed by atoms with van der Waals surface area (Å²) >= 11 is 13.6. The van der Waals surface area contributed by atoms with Crippen LogP contribution in [0.25, 0.3) is 6.08 Å². The first-order valence-corrected chi connectivity index (χ1v) is 9.50. The van der Waals surface area contributed by atoms with Gasteiger partial charge in [0, 0.05) is 17.5 Å². The van der Waals surface area contributed by atoms with E-state index in [9.17, 15) is 10.1 Å². The van der Waals surface area contributed by atoms with Gasteiger partial charge in [0.1, 0.15) is 11.6 Å². The lowest BCUT2D eigenvalue weighted by atomic mass is 10.1. The summed E-state index contributed by atoms with van der Waals surface area (Å²) < 4.78 is 0. The molecule has 0 aliphatic heterocycles. The third-order valence-electron chi connectivity index (χ3n) is 3.65. The fraction of sp³-hybridized carbons (Fsp3) is 0.0500. The van der Waals surface area contributed by atoms with Crippen LogP contribution in [0.3, 0.4) is 0 Å². The number of benzene rings is 2. The van der Waals surface area contributed by atoms with E-state index in [1.165, 1.54) is 17.4 Å². The second-order valence-electron chi connectivity index (χ2n) is 5.56. The predicted octanol–water partition coefficient (Wildman–Crippen LogP) is 5.59. The van der Waals surface area contributed by atoms with Crippen molar-refractivity contribution in [1.82, 2.24) is 4.98 Å². The molecule has 0 saturated carbocycles. The number of carbonyl (C=O) groups excluding carboxylic acids is 1. The number of hydrogen-bond acceptors (Lipinski definition) is 4. The van der Waals surface area contributed by atoms with Gasteiger partial charge in [-0.2, -0.15) is 5.26 Å². The first-order chi connectivity index (χ1) is 13.1. The standard InChI is InChI=1S/C20H13Cl2N3OS/c21-17-8-4-7-14(18(17)22)10-16-12-24-20(27-16)25-19(26)15(11-23)9-13-5-2-1-3-6-13/h1-9,12H,10H2,(H,24,25,26). The predicted molar refractivity (Wildman–Crippen MR) is 110 cm³/mol. The van der Waals surface area contributed by atoms with Crippen molar-refractivity contribution in [2.45, 2.75) is 6.42 Å². The number of halogens is 2. The fourth-order valence-electron chi connectivity index (χ4n) is 2.35. The summed E-state index contributed by atoms with van der Waals surface area (Å²) in [4.78, 5) is 17.5. The van der Waals surface area contributed by atoms with E-state index in [-0.39, 0.29) is 5.57 Å². The molecule has 1 heterocycles. The molecule has 1 aromatic heterocycles. The van der Waals surface area contributed by atoms with E-state index < -0.39 is 5.91 Å². The van der Waals surface area contributed by atoms with Crippen LogP contribution in [0.15, 0.2) is 60.3 Å². The van der Waals surface area contributed by atoms with Crippen molar-refractivity contribution in [1.29, 1.82) is 5.26 Å². The number of carbonyl (C=O) groups is 1. The second kappa shape index (κ2) is 8.83. The van der Waals surface area contributed by atoms with Crippen LogP contribution >= 0.6 is 34.5 Å². The van der Waals surface area contributed by atoms with Gasteiger partial charge in [-0.15, -0.1) is 11.3 Å². The maximum absolute atomic E-state index is 12.3. The molecular formula is C20H13Cl2N3OS. The Bertz CT molecular complexity index is 1040. The SMILES string of the molecule is N#CC(=Cc1ccccc1)C(=O)Nc1ncc(Cc2cccc(Cl)c2Cl)s1. The molecule has 0 radical (unpaired) electrons. The van der Waals surface area contributed by atoms with Crippen LogP contribution < -0.4 is 5.32 Å². The van der Waals surface area contributed by atoms with Crippen LogP contribution in [0, 0.1) is 11.3 Å². The van der Waals surface area contributed by atoms with Crippen molar-refractivity contribution in [3.8, 4) is 6.07 Å². The lowest BCUT2D eigenvalue weighted by molar-refractivity contribution is -0.112. The topological polar surface area (TPSA) is 65.8 Å². The van der Waals surface area contributed by atoms with Gasteiger partial charge in [-0.1, -0.05) is 65.7 Å². The van der Waals surface area contributed by atoms with Crippen LogP contribution in [-0.4, -0.2) is 10.9 Å². The Kier molecular flexibility index (Phi) is 6.25. The Morgan fingerprint density at radius 2 is 1.96 bits per heavy atom. The molecule has 3 aromatic rings. The fourth-order valence-corrected chi connectivity index (χ4v) is 3.57. The summed E-state index contributed by atoms with van der Waals surface area (Å²) in [5.74, 6) is -0.497. The van der Waals surface area contributed by atoms with Crippen LogP contribution in [0.1, 0.15) is 16.0 Å². The van der Waals surface area contributed by atoms with Crippen LogP contribution in [-0.2, 0) is 11.2 Å². The van der Waals surface area contributed by atoms with Gasteiger partial charge >= 0.3 is 0 Å². The van der Waals surface area contributed by atoms with E-state index in [1.807, 2.05) is 48.5 Å². The Labute approximate surface area is 170 Å². The van der Waals surface area contributed by atoms with Gasteiger partial charge in [0.15, 0.2) is 5.13 Å². The monoisotopic (exact) mass is 413 g/mol. The van der Waals surface area contributed by atoms with E-state index in [1.54, 1.807) is 12.3 Å². The molecule has 4 nitrogen and oxygen atoms in total. The molecule has 2 aromatic carbocycles. The maximum atomic E-state index is 12.3. The quantitative estimate of drug-likeness (QED) is 0.438. The molecule has 1 N–H and O–H groups in total. The molecule has 0 spiro atoms. The number of anilines is 1. The lowest BCUT2D eigenvalue weighted by Crippen LogP contribution is -2.13. The zero-order valence-electron chi connectivity index (χ0n) is 13.9. The Morgan fingerprint density at radius 3 is 2.70 bits per heavy atom. The van der Waals surface area contributed by atoms with Crippen molar-refractivity contribution >= 4 is 51.7 Å². The zero-order chi connectivity index (χ0) is 19.2. The number of hydrogen-bond donors (Lipinski definition) is 1. The van der Waals surface area contributed by atoms with Gasteiger partial charge in [0.2, 0.25) is 0 Å². The number of nitrogens with one attached hydrogen (secondary N) is 1. The molecule has 1 amide bonds. The Balaban J connectivity index is 1.71. The number of amides is 1.